The van der Waals surface area contributed by atoms with Crippen molar-refractivity contribution >= 4 is 43.5 Å². The first-order valence-corrected chi connectivity index (χ1v) is 19.8. The van der Waals surface area contributed by atoms with Gasteiger partial charge in [-0.1, -0.05) is 126 Å². The van der Waals surface area contributed by atoms with Crippen molar-refractivity contribution in [2.45, 2.75) is 64.7 Å². The Labute approximate surface area is 322 Å². The molecule has 0 fully saturated rings. The van der Waals surface area contributed by atoms with Crippen LogP contribution in [0.5, 0.6) is 0 Å². The Kier molecular flexibility index (Phi) is 5.73. The fourth-order valence-corrected chi connectivity index (χ4v) is 11.3. The molecule has 0 unspecified atom stereocenters. The summed E-state index contributed by atoms with van der Waals surface area (Å²) in [4.78, 5) is 0. The molecule has 0 aliphatic heterocycles. The van der Waals surface area contributed by atoms with Crippen molar-refractivity contribution < 1.29 is 4.42 Å². The van der Waals surface area contributed by atoms with Gasteiger partial charge in [-0.3, -0.25) is 0 Å². The third kappa shape index (κ3) is 3.75. The molecule has 0 amide bonds. The lowest BCUT2D eigenvalue weighted by Crippen LogP contribution is -2.17. The van der Waals surface area contributed by atoms with Crippen LogP contribution in [0.1, 0.15) is 80.5 Å². The molecule has 0 bridgehead atoms. The molecule has 1 heteroatoms. The summed E-state index contributed by atoms with van der Waals surface area (Å²) in [5, 5.41) is 7.69. The van der Waals surface area contributed by atoms with Crippen LogP contribution in [-0.2, 0) is 16.2 Å². The number of benzene rings is 8. The lowest BCUT2D eigenvalue weighted by atomic mass is 9.78. The van der Waals surface area contributed by atoms with Gasteiger partial charge in [-0.2, -0.15) is 0 Å². The molecule has 264 valence electrons. The van der Waals surface area contributed by atoms with Crippen molar-refractivity contribution in [2.75, 3.05) is 0 Å². The Morgan fingerprint density at radius 3 is 1.42 bits per heavy atom. The van der Waals surface area contributed by atoms with Gasteiger partial charge in [0, 0.05) is 27.0 Å². The molecule has 12 rings (SSSR count). The lowest BCUT2D eigenvalue weighted by Gasteiger charge is -2.25. The smallest absolute Gasteiger partial charge is 0.136 e. The van der Waals surface area contributed by atoms with Crippen LogP contribution in [0, 0.1) is 6.92 Å². The molecule has 3 aliphatic rings. The van der Waals surface area contributed by atoms with Gasteiger partial charge in [-0.25, -0.2) is 0 Å². The van der Waals surface area contributed by atoms with E-state index >= 15 is 0 Å². The number of furan rings is 1. The predicted octanol–water partition coefficient (Wildman–Crippen LogP) is 14.8. The molecule has 0 spiro atoms. The van der Waals surface area contributed by atoms with Gasteiger partial charge < -0.3 is 4.42 Å². The summed E-state index contributed by atoms with van der Waals surface area (Å²) in [7, 11) is 0. The monoisotopic (exact) mass is 706 g/mol. The van der Waals surface area contributed by atoms with E-state index in [-0.39, 0.29) is 16.2 Å². The Balaban J connectivity index is 1.09. The topological polar surface area (TPSA) is 13.1 Å². The van der Waals surface area contributed by atoms with Gasteiger partial charge in [-0.15, -0.1) is 0 Å². The lowest BCUT2D eigenvalue weighted by molar-refractivity contribution is 0.649. The van der Waals surface area contributed by atoms with Crippen LogP contribution in [0.25, 0.3) is 88.0 Å². The van der Waals surface area contributed by atoms with Gasteiger partial charge in [0.2, 0.25) is 0 Å². The highest BCUT2D eigenvalue weighted by molar-refractivity contribution is 6.18. The Morgan fingerprint density at radius 1 is 0.345 bits per heavy atom. The first-order chi connectivity index (χ1) is 26.5. The van der Waals surface area contributed by atoms with E-state index in [2.05, 4.69) is 176 Å². The average molecular weight is 707 g/mol. The van der Waals surface area contributed by atoms with Crippen molar-refractivity contribution in [3.63, 3.8) is 0 Å². The summed E-state index contributed by atoms with van der Waals surface area (Å²) in [5.41, 5.74) is 22.3. The number of rotatable bonds is 1. The quantitative estimate of drug-likeness (QED) is 0.166. The minimum Gasteiger partial charge on any atom is -0.456 e. The Hall–Kier alpha value is -5.92. The zero-order chi connectivity index (χ0) is 37.3. The van der Waals surface area contributed by atoms with Crippen LogP contribution in [0.3, 0.4) is 0 Å². The van der Waals surface area contributed by atoms with Crippen molar-refractivity contribution in [1.82, 2.24) is 0 Å². The molecule has 1 heterocycles. The number of aryl methyl sites for hydroxylation is 1. The van der Waals surface area contributed by atoms with Crippen molar-refractivity contribution in [3.8, 4) is 44.5 Å². The molecule has 55 heavy (non-hydrogen) atoms. The molecule has 0 saturated heterocycles. The van der Waals surface area contributed by atoms with Gasteiger partial charge in [0.15, 0.2) is 0 Å². The summed E-state index contributed by atoms with van der Waals surface area (Å²) in [6.07, 6.45) is 0. The summed E-state index contributed by atoms with van der Waals surface area (Å²) in [5.74, 6) is 0. The number of hydrogen-bond donors (Lipinski definition) is 0. The highest BCUT2D eigenvalue weighted by atomic mass is 16.3. The molecule has 1 aromatic heterocycles. The third-order valence-corrected chi connectivity index (χ3v) is 14.2. The third-order valence-electron chi connectivity index (χ3n) is 14.2. The van der Waals surface area contributed by atoms with Gasteiger partial charge in [0.25, 0.3) is 0 Å². The maximum atomic E-state index is 6.39. The summed E-state index contributed by atoms with van der Waals surface area (Å²) in [6.45, 7) is 16.9. The predicted molar refractivity (Wildman–Crippen MR) is 232 cm³/mol. The SMILES string of the molecule is Cc1cc2c(c3ccccc13)-c1cc3c(cc1C2(C)C)-c1cc2c(cc1C3(C)C)-c1c(cc(-c3cccc4oc5ccccc5c34)c3ccccc13)C2(C)C. The van der Waals surface area contributed by atoms with Gasteiger partial charge in [0.05, 0.1) is 0 Å². The fourth-order valence-electron chi connectivity index (χ4n) is 11.3. The van der Waals surface area contributed by atoms with E-state index in [0.29, 0.717) is 0 Å². The van der Waals surface area contributed by atoms with E-state index in [1.54, 1.807) is 0 Å². The van der Waals surface area contributed by atoms with Crippen LogP contribution >= 0.6 is 0 Å². The molecule has 0 atom stereocenters. The average Bonchev–Trinajstić information content (AvgIpc) is 3.82. The maximum Gasteiger partial charge on any atom is 0.136 e. The molecule has 1 nitrogen and oxygen atoms in total. The molecule has 0 N–H and O–H groups in total. The normalized spacial score (nSPS) is 16.3. The van der Waals surface area contributed by atoms with E-state index in [1.165, 1.54) is 116 Å². The van der Waals surface area contributed by atoms with Crippen molar-refractivity contribution in [3.05, 3.63) is 166 Å². The minimum atomic E-state index is -0.194. The van der Waals surface area contributed by atoms with Crippen LogP contribution < -0.4 is 0 Å². The van der Waals surface area contributed by atoms with Crippen LogP contribution in [0.4, 0.5) is 0 Å². The largest absolute Gasteiger partial charge is 0.456 e. The number of para-hydroxylation sites is 1. The van der Waals surface area contributed by atoms with Crippen LogP contribution in [-0.4, -0.2) is 0 Å². The summed E-state index contributed by atoms with van der Waals surface area (Å²) in [6, 6.07) is 48.3. The zero-order valence-electron chi connectivity index (χ0n) is 32.5. The van der Waals surface area contributed by atoms with E-state index in [1.807, 2.05) is 0 Å². The number of fused-ring (bicyclic) bond motifs is 16. The molecule has 3 aliphatic carbocycles. The molecule has 9 aromatic rings. The second kappa shape index (κ2) is 10.0. The van der Waals surface area contributed by atoms with Gasteiger partial charge in [0.1, 0.15) is 11.2 Å². The second-order valence-corrected chi connectivity index (χ2v) is 18.1. The van der Waals surface area contributed by atoms with Crippen LogP contribution in [0.15, 0.2) is 132 Å². The second-order valence-electron chi connectivity index (χ2n) is 18.1. The maximum absolute atomic E-state index is 6.39. The van der Waals surface area contributed by atoms with Crippen LogP contribution in [0.2, 0.25) is 0 Å². The van der Waals surface area contributed by atoms with E-state index in [4.69, 9.17) is 4.42 Å². The first-order valence-electron chi connectivity index (χ1n) is 19.8. The first kappa shape index (κ1) is 31.4. The standard InChI is InChI=1S/C54H42O/c1-29-23-45-49(32-17-10-8-15-30(29)32)39-27-41-37(25-43(39)53(45,4)5)38-26-44-40(28-42(38)52(41,2)3)50-33-18-11-9-16-31(33)36(24-46(50)54(44,6)7)34-20-14-22-48-51(34)35-19-12-13-21-47(35)55-48/h8-28H,1-7H3. The van der Waals surface area contributed by atoms with E-state index < -0.39 is 0 Å². The van der Waals surface area contributed by atoms with E-state index in [9.17, 15) is 0 Å². The van der Waals surface area contributed by atoms with Crippen molar-refractivity contribution in [1.29, 1.82) is 0 Å². The highest BCUT2D eigenvalue weighted by Gasteiger charge is 2.45. The fraction of sp³-hybridized carbons (Fsp3) is 0.185. The molecule has 0 saturated carbocycles. The summed E-state index contributed by atoms with van der Waals surface area (Å²) < 4.78 is 6.39. The van der Waals surface area contributed by atoms with Gasteiger partial charge in [-0.05, 0) is 154 Å². The zero-order valence-corrected chi connectivity index (χ0v) is 32.5. The Morgan fingerprint density at radius 2 is 0.782 bits per heavy atom. The number of hydrogen-bond acceptors (Lipinski definition) is 1. The van der Waals surface area contributed by atoms with Crippen molar-refractivity contribution in [2.24, 2.45) is 0 Å². The Bertz CT molecular complexity index is 3230. The molecular formula is C54H42O. The minimum absolute atomic E-state index is 0.0912. The highest BCUT2D eigenvalue weighted by Crippen LogP contribution is 2.61. The summed E-state index contributed by atoms with van der Waals surface area (Å²) >= 11 is 0. The van der Waals surface area contributed by atoms with Gasteiger partial charge >= 0.3 is 0 Å². The molecule has 0 radical (unpaired) electrons. The van der Waals surface area contributed by atoms with E-state index in [0.717, 1.165) is 11.2 Å². The molecule has 8 aromatic carbocycles. The molecular weight excluding hydrogens is 665 g/mol.